The molecule has 1 fully saturated rings. The monoisotopic (exact) mass is 344 g/mol. The molecular weight excluding hydrogens is 320 g/mol. The van der Waals surface area contributed by atoms with Gasteiger partial charge in [-0.25, -0.2) is 5.01 Å². The van der Waals surface area contributed by atoms with Gasteiger partial charge in [-0.05, 0) is 17.7 Å². The van der Waals surface area contributed by atoms with Gasteiger partial charge in [0.1, 0.15) is 11.5 Å². The molecule has 25 heavy (non-hydrogen) atoms. The van der Waals surface area contributed by atoms with Gasteiger partial charge in [-0.2, -0.15) is 5.10 Å². The van der Waals surface area contributed by atoms with E-state index < -0.39 is 0 Å². The molecule has 0 atom stereocenters. The highest BCUT2D eigenvalue weighted by molar-refractivity contribution is 6.39. The normalized spacial score (nSPS) is 19.0. The van der Waals surface area contributed by atoms with Crippen molar-refractivity contribution < 1.29 is 14.3 Å². The number of hydrogen-bond donors (Lipinski definition) is 0. The molecule has 2 heterocycles. The molecule has 0 spiro atoms. The van der Waals surface area contributed by atoms with Gasteiger partial charge in [-0.3, -0.25) is 14.5 Å². The van der Waals surface area contributed by atoms with Crippen LogP contribution in [0.5, 0.6) is 5.75 Å². The molecule has 2 aliphatic rings. The Morgan fingerprint density at radius 1 is 1.12 bits per heavy atom. The second-order valence-electron chi connectivity index (χ2n) is 6.38. The van der Waals surface area contributed by atoms with Crippen molar-refractivity contribution in [1.82, 2.24) is 14.8 Å². The number of rotatable bonds is 4. The van der Waals surface area contributed by atoms with Crippen molar-refractivity contribution in [3.63, 3.8) is 0 Å². The molecule has 0 aromatic heterocycles. The van der Waals surface area contributed by atoms with Gasteiger partial charge in [0.05, 0.1) is 7.11 Å². The number of amides is 2. The summed E-state index contributed by atoms with van der Waals surface area (Å²) in [5.41, 5.74) is 1.73. The number of carbonyl (C=O) groups is 2. The summed E-state index contributed by atoms with van der Waals surface area (Å²) < 4.78 is 5.18. The molecule has 0 aliphatic carbocycles. The summed E-state index contributed by atoms with van der Waals surface area (Å²) in [5, 5.41) is 5.40. The first-order valence-corrected chi connectivity index (χ1v) is 8.55. The third-order valence-corrected chi connectivity index (χ3v) is 4.68. The summed E-state index contributed by atoms with van der Waals surface area (Å²) in [6, 6.07) is 8.07. The SMILES string of the molecule is COc1ccc(CN2CCN(C(=O)C3=NN(C)C(=O)CC3)CC2)cc1. The smallest absolute Gasteiger partial charge is 0.270 e. The Bertz CT molecular complexity index is 663. The van der Waals surface area contributed by atoms with E-state index in [0.29, 0.717) is 31.6 Å². The van der Waals surface area contributed by atoms with Crippen molar-refractivity contribution in [2.24, 2.45) is 5.10 Å². The van der Waals surface area contributed by atoms with Crippen molar-refractivity contribution in [2.45, 2.75) is 19.4 Å². The first-order valence-electron chi connectivity index (χ1n) is 8.55. The van der Waals surface area contributed by atoms with Gasteiger partial charge >= 0.3 is 0 Å². The van der Waals surface area contributed by atoms with E-state index in [9.17, 15) is 9.59 Å². The van der Waals surface area contributed by atoms with Crippen molar-refractivity contribution in [3.05, 3.63) is 29.8 Å². The fourth-order valence-corrected chi connectivity index (χ4v) is 3.10. The Hall–Kier alpha value is -2.41. The summed E-state index contributed by atoms with van der Waals surface area (Å²) in [6.45, 7) is 3.90. The van der Waals surface area contributed by atoms with Crippen LogP contribution < -0.4 is 4.74 Å². The molecule has 1 aromatic rings. The van der Waals surface area contributed by atoms with E-state index in [4.69, 9.17) is 4.74 Å². The summed E-state index contributed by atoms with van der Waals surface area (Å²) in [7, 11) is 3.26. The quantitative estimate of drug-likeness (QED) is 0.816. The van der Waals surface area contributed by atoms with Crippen LogP contribution in [0.1, 0.15) is 18.4 Å². The van der Waals surface area contributed by atoms with Gasteiger partial charge in [0, 0.05) is 52.6 Å². The predicted molar refractivity (Wildman–Crippen MR) is 94.3 cm³/mol. The average Bonchev–Trinajstić information content (AvgIpc) is 2.65. The number of carbonyl (C=O) groups excluding carboxylic acids is 2. The molecule has 0 N–H and O–H groups in total. The Kier molecular flexibility index (Phi) is 5.33. The Morgan fingerprint density at radius 3 is 2.40 bits per heavy atom. The largest absolute Gasteiger partial charge is 0.497 e. The first-order chi connectivity index (χ1) is 12.1. The molecule has 2 aliphatic heterocycles. The van der Waals surface area contributed by atoms with Crippen LogP contribution in [0.2, 0.25) is 0 Å². The maximum Gasteiger partial charge on any atom is 0.270 e. The molecule has 1 saturated heterocycles. The number of hydrazone groups is 1. The minimum atomic E-state index is -0.0409. The topological polar surface area (TPSA) is 65.5 Å². The Morgan fingerprint density at radius 2 is 1.80 bits per heavy atom. The third-order valence-electron chi connectivity index (χ3n) is 4.68. The fourth-order valence-electron chi connectivity index (χ4n) is 3.10. The minimum Gasteiger partial charge on any atom is -0.497 e. The predicted octanol–water partition coefficient (Wildman–Crippen LogP) is 0.948. The zero-order valence-corrected chi connectivity index (χ0v) is 14.8. The number of methoxy groups -OCH3 is 1. The van der Waals surface area contributed by atoms with Crippen molar-refractivity contribution >= 4 is 17.5 Å². The van der Waals surface area contributed by atoms with Crippen LogP contribution in [-0.4, -0.2) is 72.7 Å². The Balaban J connectivity index is 1.52. The van der Waals surface area contributed by atoms with Gasteiger partial charge in [0.2, 0.25) is 5.91 Å². The van der Waals surface area contributed by atoms with Crippen molar-refractivity contribution in [1.29, 1.82) is 0 Å². The van der Waals surface area contributed by atoms with E-state index in [1.54, 1.807) is 14.2 Å². The minimum absolute atomic E-state index is 0.0385. The molecule has 2 amide bonds. The van der Waals surface area contributed by atoms with Crippen LogP contribution in [0.15, 0.2) is 29.4 Å². The Labute approximate surface area is 147 Å². The number of ether oxygens (including phenoxy) is 1. The van der Waals surface area contributed by atoms with Crippen LogP contribution in [0.3, 0.4) is 0 Å². The molecule has 0 radical (unpaired) electrons. The lowest BCUT2D eigenvalue weighted by Crippen LogP contribution is -2.51. The van der Waals surface area contributed by atoms with Crippen molar-refractivity contribution in [3.8, 4) is 5.75 Å². The first kappa shape index (κ1) is 17.4. The molecule has 0 unspecified atom stereocenters. The third kappa shape index (κ3) is 4.17. The van der Waals surface area contributed by atoms with Gasteiger partial charge in [0.15, 0.2) is 0 Å². The highest BCUT2D eigenvalue weighted by Crippen LogP contribution is 2.15. The van der Waals surface area contributed by atoms with Crippen LogP contribution in [-0.2, 0) is 16.1 Å². The maximum atomic E-state index is 12.6. The second kappa shape index (κ2) is 7.65. The lowest BCUT2D eigenvalue weighted by Gasteiger charge is -2.35. The lowest BCUT2D eigenvalue weighted by atomic mass is 10.1. The van der Waals surface area contributed by atoms with E-state index in [-0.39, 0.29) is 11.8 Å². The van der Waals surface area contributed by atoms with Crippen LogP contribution in [0.4, 0.5) is 0 Å². The molecule has 0 saturated carbocycles. The van der Waals surface area contributed by atoms with E-state index >= 15 is 0 Å². The molecular formula is C18H24N4O3. The van der Waals surface area contributed by atoms with E-state index in [1.807, 2.05) is 17.0 Å². The summed E-state index contributed by atoms with van der Waals surface area (Å²) in [5.74, 6) is 0.778. The standard InChI is InChI=1S/C18H24N4O3/c1-20-17(23)8-7-16(19-20)18(24)22-11-9-21(10-12-22)13-14-3-5-15(25-2)6-4-14/h3-6H,7-13H2,1-2H3. The van der Waals surface area contributed by atoms with Crippen molar-refractivity contribution in [2.75, 3.05) is 40.3 Å². The fraction of sp³-hybridized carbons (Fsp3) is 0.500. The van der Waals surface area contributed by atoms with Crippen LogP contribution >= 0.6 is 0 Å². The number of hydrogen-bond acceptors (Lipinski definition) is 5. The highest BCUT2D eigenvalue weighted by Gasteiger charge is 2.28. The zero-order chi connectivity index (χ0) is 17.8. The molecule has 7 nitrogen and oxygen atoms in total. The van der Waals surface area contributed by atoms with E-state index in [1.165, 1.54) is 10.6 Å². The van der Waals surface area contributed by atoms with Gasteiger partial charge in [-0.15, -0.1) is 0 Å². The molecule has 0 bridgehead atoms. The molecule has 1 aromatic carbocycles. The molecule has 7 heteroatoms. The molecule has 134 valence electrons. The molecule has 3 rings (SSSR count). The summed E-state index contributed by atoms with van der Waals surface area (Å²) in [6.07, 6.45) is 0.798. The number of piperazine rings is 1. The van der Waals surface area contributed by atoms with Crippen LogP contribution in [0.25, 0.3) is 0 Å². The summed E-state index contributed by atoms with van der Waals surface area (Å²) in [4.78, 5) is 28.2. The average molecular weight is 344 g/mol. The van der Waals surface area contributed by atoms with E-state index in [2.05, 4.69) is 22.1 Å². The second-order valence-corrected chi connectivity index (χ2v) is 6.38. The van der Waals surface area contributed by atoms with Gasteiger partial charge in [0.25, 0.3) is 5.91 Å². The lowest BCUT2D eigenvalue weighted by molar-refractivity contribution is -0.131. The van der Waals surface area contributed by atoms with Crippen LogP contribution in [0, 0.1) is 0 Å². The van der Waals surface area contributed by atoms with E-state index in [0.717, 1.165) is 25.4 Å². The number of nitrogens with zero attached hydrogens (tertiary/aromatic N) is 4. The zero-order valence-electron chi connectivity index (χ0n) is 14.8. The highest BCUT2D eigenvalue weighted by atomic mass is 16.5. The van der Waals surface area contributed by atoms with Gasteiger partial charge in [-0.1, -0.05) is 12.1 Å². The summed E-state index contributed by atoms with van der Waals surface area (Å²) >= 11 is 0. The number of benzene rings is 1. The maximum absolute atomic E-state index is 12.6. The van der Waals surface area contributed by atoms with Gasteiger partial charge < -0.3 is 9.64 Å².